The molecule has 0 spiro atoms. The minimum atomic E-state index is -1.16. The Hall–Kier alpha value is -3.55. The number of carbonyl (C=O) groups excluding carboxylic acids is 1. The molecule has 0 aliphatic carbocycles. The predicted molar refractivity (Wildman–Crippen MR) is 88.4 cm³/mol. The van der Waals surface area contributed by atoms with Gasteiger partial charge >= 0.3 is 17.8 Å². The van der Waals surface area contributed by atoms with Crippen LogP contribution in [0, 0.1) is 0 Å². The third-order valence-electron chi connectivity index (χ3n) is 3.42. The number of amides is 1. The van der Waals surface area contributed by atoms with E-state index >= 15 is 0 Å². The first-order valence-electron chi connectivity index (χ1n) is 7.36. The molecule has 0 radical (unpaired) electrons. The molecule has 1 amide bonds. The van der Waals surface area contributed by atoms with Gasteiger partial charge in [0.25, 0.3) is 0 Å². The minimum absolute atomic E-state index is 0.124. The van der Waals surface area contributed by atoms with Crippen molar-refractivity contribution in [2.24, 2.45) is 0 Å². The number of nitrogens with zero attached hydrogens (tertiary/aromatic N) is 1. The zero-order chi connectivity index (χ0) is 17.8. The first-order valence-corrected chi connectivity index (χ1v) is 7.36. The van der Waals surface area contributed by atoms with Gasteiger partial charge in [0.15, 0.2) is 5.58 Å². The van der Waals surface area contributed by atoms with Crippen LogP contribution in [-0.4, -0.2) is 21.7 Å². The second-order valence-corrected chi connectivity index (χ2v) is 5.22. The standard InChI is InChI=1S/C17H14N2O6/c20-15(21)9-19-13-7-6-12(8-14(13)25-17(19)23)18-16(22)24-10-11-4-2-1-3-5-11/h1-8H,9-10H2,(H,18,22)(H,20,21). The third kappa shape index (κ3) is 3.86. The second-order valence-electron chi connectivity index (χ2n) is 5.22. The van der Waals surface area contributed by atoms with Gasteiger partial charge in [0, 0.05) is 11.8 Å². The molecule has 0 saturated heterocycles. The van der Waals surface area contributed by atoms with Gasteiger partial charge in [-0.2, -0.15) is 0 Å². The summed E-state index contributed by atoms with van der Waals surface area (Å²) >= 11 is 0. The molecule has 3 rings (SSSR count). The Morgan fingerprint density at radius 2 is 1.92 bits per heavy atom. The Bertz CT molecular complexity index is 974. The summed E-state index contributed by atoms with van der Waals surface area (Å²) in [6.07, 6.45) is -0.657. The predicted octanol–water partition coefficient (Wildman–Crippen LogP) is 2.43. The van der Waals surface area contributed by atoms with Crippen LogP contribution >= 0.6 is 0 Å². The van der Waals surface area contributed by atoms with Crippen LogP contribution < -0.4 is 11.1 Å². The van der Waals surface area contributed by atoms with Crippen molar-refractivity contribution < 1.29 is 23.8 Å². The fourth-order valence-corrected chi connectivity index (χ4v) is 2.31. The first-order chi connectivity index (χ1) is 12.0. The summed E-state index contributed by atoms with van der Waals surface area (Å²) in [5.41, 5.74) is 1.72. The quantitative estimate of drug-likeness (QED) is 0.737. The summed E-state index contributed by atoms with van der Waals surface area (Å²) in [7, 11) is 0. The van der Waals surface area contributed by atoms with Gasteiger partial charge < -0.3 is 14.3 Å². The molecule has 128 valence electrons. The average molecular weight is 342 g/mol. The SMILES string of the molecule is O=C(O)Cn1c(=O)oc2cc(NC(=O)OCc3ccccc3)ccc21. The van der Waals surface area contributed by atoms with Gasteiger partial charge in [-0.3, -0.25) is 14.7 Å². The third-order valence-corrected chi connectivity index (χ3v) is 3.42. The van der Waals surface area contributed by atoms with E-state index in [9.17, 15) is 14.4 Å². The number of fused-ring (bicyclic) bond motifs is 1. The van der Waals surface area contributed by atoms with Crippen LogP contribution in [0.15, 0.2) is 57.7 Å². The largest absolute Gasteiger partial charge is 0.480 e. The Morgan fingerprint density at radius 3 is 2.64 bits per heavy atom. The van der Waals surface area contributed by atoms with E-state index in [0.717, 1.165) is 10.1 Å². The number of nitrogens with one attached hydrogen (secondary N) is 1. The van der Waals surface area contributed by atoms with Crippen molar-refractivity contribution in [3.05, 3.63) is 64.6 Å². The molecule has 1 aromatic heterocycles. The molecule has 0 fully saturated rings. The van der Waals surface area contributed by atoms with E-state index in [-0.39, 0.29) is 12.2 Å². The number of rotatable bonds is 5. The van der Waals surface area contributed by atoms with Gasteiger partial charge in [0.2, 0.25) is 0 Å². The molecule has 8 heteroatoms. The van der Waals surface area contributed by atoms with Gasteiger partial charge in [-0.05, 0) is 17.7 Å². The smallest absolute Gasteiger partial charge is 0.420 e. The number of ether oxygens (including phenoxy) is 1. The van der Waals surface area contributed by atoms with E-state index in [0.29, 0.717) is 11.2 Å². The summed E-state index contributed by atoms with van der Waals surface area (Å²) in [6, 6.07) is 13.7. The number of aromatic nitrogens is 1. The molecule has 0 unspecified atom stereocenters. The lowest BCUT2D eigenvalue weighted by molar-refractivity contribution is -0.137. The Morgan fingerprint density at radius 1 is 1.16 bits per heavy atom. The number of aliphatic carboxylic acids is 1. The lowest BCUT2D eigenvalue weighted by Gasteiger charge is -2.07. The van der Waals surface area contributed by atoms with Crippen molar-refractivity contribution in [3.63, 3.8) is 0 Å². The van der Waals surface area contributed by atoms with E-state index < -0.39 is 24.4 Å². The molecule has 2 N–H and O–H groups in total. The lowest BCUT2D eigenvalue weighted by Crippen LogP contribution is -2.19. The molecule has 8 nitrogen and oxygen atoms in total. The van der Waals surface area contributed by atoms with Crippen LogP contribution in [0.4, 0.5) is 10.5 Å². The van der Waals surface area contributed by atoms with Crippen molar-refractivity contribution in [3.8, 4) is 0 Å². The number of hydrogen-bond acceptors (Lipinski definition) is 5. The normalized spacial score (nSPS) is 10.6. The number of hydrogen-bond donors (Lipinski definition) is 2. The molecular formula is C17H14N2O6. The monoisotopic (exact) mass is 342 g/mol. The number of carboxylic acid groups (broad SMARTS) is 1. The summed E-state index contributed by atoms with van der Waals surface area (Å²) < 4.78 is 11.1. The average Bonchev–Trinajstić information content (AvgIpc) is 2.88. The lowest BCUT2D eigenvalue weighted by atomic mass is 10.2. The summed E-state index contributed by atoms with van der Waals surface area (Å²) in [5, 5.41) is 11.3. The van der Waals surface area contributed by atoms with Crippen LogP contribution in [0.1, 0.15) is 5.56 Å². The van der Waals surface area contributed by atoms with Crippen LogP contribution in [0.25, 0.3) is 11.1 Å². The zero-order valence-corrected chi connectivity index (χ0v) is 13.0. The number of carbonyl (C=O) groups is 2. The molecule has 0 saturated carbocycles. The molecule has 0 bridgehead atoms. The van der Waals surface area contributed by atoms with E-state index in [2.05, 4.69) is 5.32 Å². The second kappa shape index (κ2) is 6.91. The van der Waals surface area contributed by atoms with E-state index in [1.54, 1.807) is 0 Å². The summed E-state index contributed by atoms with van der Waals surface area (Å²) in [5.74, 6) is -1.93. The van der Waals surface area contributed by atoms with Crippen molar-refractivity contribution in [2.45, 2.75) is 13.2 Å². The number of oxazole rings is 1. The van der Waals surface area contributed by atoms with Crippen LogP contribution in [0.5, 0.6) is 0 Å². The topological polar surface area (TPSA) is 111 Å². The van der Waals surface area contributed by atoms with Crippen molar-refractivity contribution in [1.29, 1.82) is 0 Å². The highest BCUT2D eigenvalue weighted by atomic mass is 16.5. The van der Waals surface area contributed by atoms with Gasteiger partial charge in [0.1, 0.15) is 13.2 Å². The molecule has 0 aliphatic heterocycles. The number of carboxylic acids is 1. The molecule has 25 heavy (non-hydrogen) atoms. The first kappa shape index (κ1) is 16.3. The highest BCUT2D eigenvalue weighted by Crippen LogP contribution is 2.19. The maximum Gasteiger partial charge on any atom is 0.420 e. The van der Waals surface area contributed by atoms with E-state index in [1.807, 2.05) is 30.3 Å². The highest BCUT2D eigenvalue weighted by Gasteiger charge is 2.13. The molecule has 0 aliphatic rings. The number of anilines is 1. The molecule has 3 aromatic rings. The van der Waals surface area contributed by atoms with Crippen LogP contribution in [0.3, 0.4) is 0 Å². The van der Waals surface area contributed by atoms with Crippen LogP contribution in [-0.2, 0) is 22.7 Å². The van der Waals surface area contributed by atoms with Crippen molar-refractivity contribution in [1.82, 2.24) is 4.57 Å². The van der Waals surface area contributed by atoms with Gasteiger partial charge in [-0.15, -0.1) is 0 Å². The van der Waals surface area contributed by atoms with E-state index in [4.69, 9.17) is 14.3 Å². The number of benzene rings is 2. The Balaban J connectivity index is 1.70. The Labute approximate surface area is 141 Å². The van der Waals surface area contributed by atoms with Crippen molar-refractivity contribution in [2.75, 3.05) is 5.32 Å². The molecule has 2 aromatic carbocycles. The fraction of sp³-hybridized carbons (Fsp3) is 0.118. The minimum Gasteiger partial charge on any atom is -0.480 e. The molecule has 1 heterocycles. The maximum absolute atomic E-state index is 11.8. The van der Waals surface area contributed by atoms with Crippen LogP contribution in [0.2, 0.25) is 0 Å². The highest BCUT2D eigenvalue weighted by molar-refractivity contribution is 5.88. The summed E-state index contributed by atoms with van der Waals surface area (Å²) in [4.78, 5) is 34.3. The molecular weight excluding hydrogens is 328 g/mol. The Kier molecular flexibility index (Phi) is 4.51. The summed E-state index contributed by atoms with van der Waals surface area (Å²) in [6.45, 7) is -0.378. The van der Waals surface area contributed by atoms with Gasteiger partial charge in [-0.25, -0.2) is 9.59 Å². The van der Waals surface area contributed by atoms with Gasteiger partial charge in [0.05, 0.1) is 5.52 Å². The van der Waals surface area contributed by atoms with Gasteiger partial charge in [-0.1, -0.05) is 30.3 Å². The van der Waals surface area contributed by atoms with Crippen molar-refractivity contribution >= 4 is 28.8 Å². The maximum atomic E-state index is 11.8. The zero-order valence-electron chi connectivity index (χ0n) is 13.0. The van der Waals surface area contributed by atoms with E-state index in [1.165, 1.54) is 18.2 Å². The fourth-order valence-electron chi connectivity index (χ4n) is 2.31. The molecule has 0 atom stereocenters.